The van der Waals surface area contributed by atoms with Crippen molar-refractivity contribution in [2.75, 3.05) is 23.0 Å². The van der Waals surface area contributed by atoms with Gasteiger partial charge in [0.1, 0.15) is 19.7 Å². The molecule has 18 heavy (non-hydrogen) atoms. The zero-order chi connectivity index (χ0) is 14.2. The molecule has 2 rings (SSSR count). The summed E-state index contributed by atoms with van der Waals surface area (Å²) in [5.41, 5.74) is 0. The van der Waals surface area contributed by atoms with E-state index in [0.29, 0.717) is 23.0 Å². The third-order valence-electron chi connectivity index (χ3n) is 2.32. The molecule has 0 radical (unpaired) electrons. The van der Waals surface area contributed by atoms with Crippen LogP contribution in [0.2, 0.25) is 0 Å². The first-order valence-corrected chi connectivity index (χ1v) is 9.12. The Bertz CT molecular complexity index is 383. The molecule has 108 valence electrons. The van der Waals surface area contributed by atoms with Crippen LogP contribution in [0.4, 0.5) is 4.79 Å². The summed E-state index contributed by atoms with van der Waals surface area (Å²) in [6, 6.07) is 0. The van der Waals surface area contributed by atoms with Gasteiger partial charge in [-0.1, -0.05) is 0 Å². The highest BCUT2D eigenvalue weighted by atomic mass is 32.2. The maximum absolute atomic E-state index is 10.4. The van der Waals surface area contributed by atoms with E-state index in [9.17, 15) is 16.8 Å². The van der Waals surface area contributed by atoms with Gasteiger partial charge in [-0.15, -0.1) is 0 Å². The van der Waals surface area contributed by atoms with Crippen LogP contribution in [0.1, 0.15) is 25.7 Å². The molecule has 0 amide bonds. The monoisotopic (exact) mass is 302 g/mol. The summed E-state index contributed by atoms with van der Waals surface area (Å²) in [7, 11) is -5.09. The largest absolute Gasteiger partial charge is 0.503 e. The zero-order valence-corrected chi connectivity index (χ0v) is 11.5. The van der Waals surface area contributed by atoms with Crippen molar-refractivity contribution in [2.45, 2.75) is 25.7 Å². The minimum atomic E-state index is -2.55. The third-order valence-corrected chi connectivity index (χ3v) is 5.96. The number of hydrogen-bond acceptors (Lipinski definition) is 5. The van der Waals surface area contributed by atoms with Gasteiger partial charge in [0, 0.05) is 0 Å². The molecule has 0 saturated carbocycles. The molecule has 2 N–H and O–H groups in total. The second-order valence-electron chi connectivity index (χ2n) is 4.00. The predicted octanol–water partition coefficient (Wildman–Crippen LogP) is 0.612. The second kappa shape index (κ2) is 7.57. The Morgan fingerprint density at radius 3 is 0.889 bits per heavy atom. The molecular weight excluding hydrogens is 284 g/mol. The molecule has 2 aliphatic rings. The van der Waals surface area contributed by atoms with E-state index in [1.165, 1.54) is 0 Å². The van der Waals surface area contributed by atoms with Crippen LogP contribution in [-0.4, -0.2) is 56.2 Å². The fourth-order valence-corrected chi connectivity index (χ4v) is 4.48. The van der Waals surface area contributed by atoms with Crippen molar-refractivity contribution >= 4 is 25.8 Å². The van der Waals surface area contributed by atoms with E-state index in [0.717, 1.165) is 25.7 Å². The molecule has 0 aromatic heterocycles. The van der Waals surface area contributed by atoms with Gasteiger partial charge in [0.05, 0.1) is 23.0 Å². The molecule has 7 nitrogen and oxygen atoms in total. The van der Waals surface area contributed by atoms with Gasteiger partial charge in [-0.2, -0.15) is 0 Å². The fourth-order valence-electron chi connectivity index (χ4n) is 1.49. The number of hydrogen-bond donors (Lipinski definition) is 2. The summed E-state index contributed by atoms with van der Waals surface area (Å²) in [5, 5.41) is 13.9. The number of sulfone groups is 2. The Kier molecular flexibility index (Phi) is 7.22. The summed E-state index contributed by atoms with van der Waals surface area (Å²) in [4.78, 5) is 8.56. The van der Waals surface area contributed by atoms with Crippen LogP contribution in [0, 0.1) is 0 Å². The summed E-state index contributed by atoms with van der Waals surface area (Å²) < 4.78 is 41.7. The Balaban J connectivity index is 0.000000253. The van der Waals surface area contributed by atoms with Crippen molar-refractivity contribution in [2.24, 2.45) is 0 Å². The topological polar surface area (TPSA) is 126 Å². The summed E-state index contributed by atoms with van der Waals surface area (Å²) in [6.07, 6.45) is 1.68. The lowest BCUT2D eigenvalue weighted by molar-refractivity contribution is 0.137. The molecular formula is C9H18O7S2. The highest BCUT2D eigenvalue weighted by Crippen LogP contribution is 2.08. The molecule has 0 spiro atoms. The lowest BCUT2D eigenvalue weighted by Crippen LogP contribution is -1.98. The number of carbonyl (C=O) groups is 1. The van der Waals surface area contributed by atoms with Crippen LogP contribution >= 0.6 is 0 Å². The highest BCUT2D eigenvalue weighted by Gasteiger charge is 2.16. The molecule has 0 aromatic rings. The summed E-state index contributed by atoms with van der Waals surface area (Å²) in [5.74, 6) is 1.69. The maximum atomic E-state index is 10.4. The average Bonchev–Trinajstić information content (AvgIpc) is 2.74. The summed E-state index contributed by atoms with van der Waals surface area (Å²) >= 11 is 0. The Hall–Kier alpha value is -0.830. The van der Waals surface area contributed by atoms with Crippen molar-refractivity contribution in [1.29, 1.82) is 0 Å². The highest BCUT2D eigenvalue weighted by molar-refractivity contribution is 7.91. The van der Waals surface area contributed by atoms with E-state index < -0.39 is 25.8 Å². The molecule has 0 aliphatic carbocycles. The smallest absolute Gasteiger partial charge is 0.450 e. The van der Waals surface area contributed by atoms with Crippen LogP contribution in [0.5, 0.6) is 0 Å². The normalized spacial score (nSPS) is 23.1. The van der Waals surface area contributed by atoms with Crippen LogP contribution < -0.4 is 0 Å². The first kappa shape index (κ1) is 17.2. The Morgan fingerprint density at radius 1 is 0.667 bits per heavy atom. The quantitative estimate of drug-likeness (QED) is 0.671. The van der Waals surface area contributed by atoms with Crippen LogP contribution in [0.3, 0.4) is 0 Å². The fraction of sp³-hybridized carbons (Fsp3) is 0.889. The van der Waals surface area contributed by atoms with Crippen LogP contribution in [-0.2, 0) is 19.7 Å². The van der Waals surface area contributed by atoms with E-state index in [4.69, 9.17) is 15.0 Å². The van der Waals surface area contributed by atoms with Crippen molar-refractivity contribution in [1.82, 2.24) is 0 Å². The number of carboxylic acid groups (broad SMARTS) is 2. The van der Waals surface area contributed by atoms with Crippen LogP contribution in [0.15, 0.2) is 0 Å². The lowest BCUT2D eigenvalue weighted by atomic mass is 10.4. The molecule has 2 aliphatic heterocycles. The zero-order valence-electron chi connectivity index (χ0n) is 9.91. The van der Waals surface area contributed by atoms with Gasteiger partial charge < -0.3 is 10.2 Å². The molecule has 0 unspecified atom stereocenters. The molecule has 0 aromatic carbocycles. The van der Waals surface area contributed by atoms with Crippen LogP contribution in [0.25, 0.3) is 0 Å². The van der Waals surface area contributed by atoms with E-state index in [1.54, 1.807) is 0 Å². The SMILES string of the molecule is O=C(O)O.O=S1(=O)CCCC1.O=S1(=O)CCCC1. The Labute approximate surface area is 107 Å². The average molecular weight is 302 g/mol. The summed E-state index contributed by atoms with van der Waals surface area (Å²) in [6.45, 7) is 0. The second-order valence-corrected chi connectivity index (χ2v) is 8.61. The minimum absolute atomic E-state index is 0.424. The van der Waals surface area contributed by atoms with Gasteiger partial charge in [-0.05, 0) is 25.7 Å². The van der Waals surface area contributed by atoms with Crippen molar-refractivity contribution < 1.29 is 31.8 Å². The van der Waals surface area contributed by atoms with Gasteiger partial charge in [0.2, 0.25) is 0 Å². The molecule has 9 heteroatoms. The Morgan fingerprint density at radius 2 is 0.833 bits per heavy atom. The van der Waals surface area contributed by atoms with E-state index in [1.807, 2.05) is 0 Å². The lowest BCUT2D eigenvalue weighted by Gasteiger charge is -1.81. The molecule has 0 atom stereocenters. The van der Waals surface area contributed by atoms with Crippen molar-refractivity contribution in [3.8, 4) is 0 Å². The van der Waals surface area contributed by atoms with E-state index >= 15 is 0 Å². The molecule has 0 bridgehead atoms. The molecule has 2 fully saturated rings. The predicted molar refractivity (Wildman–Crippen MR) is 66.4 cm³/mol. The van der Waals surface area contributed by atoms with Gasteiger partial charge in [-0.25, -0.2) is 21.6 Å². The van der Waals surface area contributed by atoms with Crippen molar-refractivity contribution in [3.05, 3.63) is 0 Å². The first-order chi connectivity index (χ1) is 8.15. The first-order valence-electron chi connectivity index (χ1n) is 5.47. The molecule has 2 heterocycles. The van der Waals surface area contributed by atoms with Gasteiger partial charge in [0.25, 0.3) is 0 Å². The van der Waals surface area contributed by atoms with Gasteiger partial charge in [0.15, 0.2) is 0 Å². The van der Waals surface area contributed by atoms with Gasteiger partial charge in [-0.3, -0.25) is 0 Å². The van der Waals surface area contributed by atoms with E-state index in [-0.39, 0.29) is 0 Å². The van der Waals surface area contributed by atoms with Crippen molar-refractivity contribution in [3.63, 3.8) is 0 Å². The van der Waals surface area contributed by atoms with E-state index in [2.05, 4.69) is 0 Å². The number of rotatable bonds is 0. The third kappa shape index (κ3) is 10.3. The van der Waals surface area contributed by atoms with Gasteiger partial charge >= 0.3 is 6.16 Å². The maximum Gasteiger partial charge on any atom is 0.503 e. The standard InChI is InChI=1S/2C4H8O2S.CH2O3/c2*5-7(6)3-1-2-4-7;2-1(3)4/h2*1-4H2;(H2,2,3,4). The molecule has 2 saturated heterocycles. The minimum Gasteiger partial charge on any atom is -0.450 e.